The molecule has 0 radical (unpaired) electrons. The van der Waals surface area contributed by atoms with Crippen LogP contribution in [0, 0.1) is 0 Å². The van der Waals surface area contributed by atoms with Crippen LogP contribution >= 0.6 is 23.4 Å². The van der Waals surface area contributed by atoms with Gasteiger partial charge >= 0.3 is 5.97 Å². The largest absolute Gasteiger partial charge is 0.493 e. The molecule has 1 aliphatic rings. The number of thioether (sulfide) groups is 1. The number of esters is 1. The monoisotopic (exact) mass is 500 g/mol. The van der Waals surface area contributed by atoms with Gasteiger partial charge in [-0.15, -0.1) is 5.10 Å². The van der Waals surface area contributed by atoms with Crippen LogP contribution in [0.15, 0.2) is 58.9 Å². The van der Waals surface area contributed by atoms with Gasteiger partial charge in [-0.25, -0.2) is 9.48 Å². The quantitative estimate of drug-likeness (QED) is 0.338. The van der Waals surface area contributed by atoms with Gasteiger partial charge in [0.15, 0.2) is 11.5 Å². The molecule has 4 rings (SSSR count). The number of hydrogen-bond donors (Lipinski definition) is 1. The van der Waals surface area contributed by atoms with Crippen molar-refractivity contribution < 1.29 is 19.0 Å². The normalized spacial score (nSPS) is 14.9. The van der Waals surface area contributed by atoms with E-state index < -0.39 is 12.0 Å². The fraction of sp³-hybridized carbons (Fsp3) is 0.292. The number of anilines is 1. The molecule has 0 unspecified atom stereocenters. The molecule has 2 aromatic carbocycles. The van der Waals surface area contributed by atoms with E-state index in [9.17, 15) is 4.79 Å². The number of nitrogens with one attached hydrogen (secondary N) is 1. The minimum Gasteiger partial charge on any atom is -0.493 e. The maximum atomic E-state index is 13.0. The van der Waals surface area contributed by atoms with Gasteiger partial charge in [0.05, 0.1) is 26.4 Å². The Balaban J connectivity index is 1.73. The number of carbonyl (C=O) groups is 1. The molecule has 0 aliphatic carbocycles. The molecule has 0 amide bonds. The fourth-order valence-electron chi connectivity index (χ4n) is 3.77. The predicted molar refractivity (Wildman–Crippen MR) is 132 cm³/mol. The molecular formula is C24H25ClN4O4S. The van der Waals surface area contributed by atoms with Crippen LogP contribution in [0.2, 0.25) is 5.02 Å². The summed E-state index contributed by atoms with van der Waals surface area (Å²) < 4.78 is 18.0. The topological polar surface area (TPSA) is 87.5 Å². The van der Waals surface area contributed by atoms with Crippen molar-refractivity contribution in [2.45, 2.75) is 30.8 Å². The van der Waals surface area contributed by atoms with Crippen LogP contribution in [0.25, 0.3) is 0 Å². The first-order valence-corrected chi connectivity index (χ1v) is 12.0. The van der Waals surface area contributed by atoms with E-state index in [4.69, 9.17) is 30.9 Å². The number of nitrogens with zero attached hydrogens (tertiary/aromatic N) is 3. The third kappa shape index (κ3) is 4.85. The average molecular weight is 501 g/mol. The molecule has 1 atom stereocenters. The maximum absolute atomic E-state index is 13.0. The summed E-state index contributed by atoms with van der Waals surface area (Å²) in [6.07, 6.45) is 0. The van der Waals surface area contributed by atoms with Crippen LogP contribution in [0.4, 0.5) is 5.95 Å². The molecule has 10 heteroatoms. The molecule has 178 valence electrons. The summed E-state index contributed by atoms with van der Waals surface area (Å²) in [6, 6.07) is 12.6. The first-order chi connectivity index (χ1) is 16.4. The molecule has 34 heavy (non-hydrogen) atoms. The smallest absolute Gasteiger partial charge is 0.338 e. The van der Waals surface area contributed by atoms with Crippen molar-refractivity contribution in [3.63, 3.8) is 0 Å². The fourth-order valence-corrected chi connectivity index (χ4v) is 4.76. The number of rotatable bonds is 8. The Labute approximate surface area is 207 Å². The maximum Gasteiger partial charge on any atom is 0.338 e. The highest BCUT2D eigenvalue weighted by atomic mass is 35.5. The number of ether oxygens (including phenoxy) is 3. The minimum absolute atomic E-state index is 0.263. The van der Waals surface area contributed by atoms with Crippen molar-refractivity contribution in [1.29, 1.82) is 0 Å². The van der Waals surface area contributed by atoms with Gasteiger partial charge in [-0.2, -0.15) is 4.98 Å². The average Bonchev–Trinajstić information content (AvgIpc) is 3.24. The van der Waals surface area contributed by atoms with E-state index in [0.29, 0.717) is 44.6 Å². The zero-order chi connectivity index (χ0) is 24.2. The number of hydrogen-bond acceptors (Lipinski definition) is 8. The Hall–Kier alpha value is -3.17. The van der Waals surface area contributed by atoms with Crippen molar-refractivity contribution in [2.24, 2.45) is 0 Å². The molecule has 2 heterocycles. The summed E-state index contributed by atoms with van der Waals surface area (Å²) in [4.78, 5) is 17.6. The van der Waals surface area contributed by atoms with Gasteiger partial charge in [0, 0.05) is 16.5 Å². The summed E-state index contributed by atoms with van der Waals surface area (Å²) in [6.45, 7) is 3.87. The standard InChI is InChI=1S/C24H25ClN4O4S/c1-5-33-22(30)20-14(2)26-23-27-24(34-13-15-7-6-8-17(25)11-15)28-29(23)21(20)16-9-10-18(31-3)19(12-16)32-4/h6-12,21H,5,13H2,1-4H3,(H,26,27,28)/t21-/m0/s1. The van der Waals surface area contributed by atoms with E-state index in [-0.39, 0.29) is 6.61 Å². The number of carbonyl (C=O) groups excluding carboxylic acids is 1. The summed E-state index contributed by atoms with van der Waals surface area (Å²) in [5, 5.41) is 9.20. The predicted octanol–water partition coefficient (Wildman–Crippen LogP) is 5.09. The summed E-state index contributed by atoms with van der Waals surface area (Å²) in [5.41, 5.74) is 2.97. The Morgan fingerprint density at radius 2 is 1.97 bits per heavy atom. The van der Waals surface area contributed by atoms with Crippen LogP contribution in [0.1, 0.15) is 31.0 Å². The lowest BCUT2D eigenvalue weighted by molar-refractivity contribution is -0.139. The highest BCUT2D eigenvalue weighted by Crippen LogP contribution is 2.40. The van der Waals surface area contributed by atoms with Crippen LogP contribution in [0.3, 0.4) is 0 Å². The molecular weight excluding hydrogens is 476 g/mol. The third-order valence-corrected chi connectivity index (χ3v) is 6.45. The van der Waals surface area contributed by atoms with Crippen molar-refractivity contribution in [3.8, 4) is 11.5 Å². The first-order valence-electron chi connectivity index (χ1n) is 10.7. The molecule has 0 bridgehead atoms. The number of methoxy groups -OCH3 is 2. The van der Waals surface area contributed by atoms with Crippen molar-refractivity contribution in [1.82, 2.24) is 14.8 Å². The Kier molecular flexibility index (Phi) is 7.33. The SMILES string of the molecule is CCOC(=O)C1=C(C)Nc2nc(SCc3cccc(Cl)c3)nn2[C@H]1c1ccc(OC)c(OC)c1. The Morgan fingerprint density at radius 3 is 2.68 bits per heavy atom. The molecule has 1 aromatic heterocycles. The number of benzene rings is 2. The Morgan fingerprint density at radius 1 is 1.18 bits per heavy atom. The van der Waals surface area contributed by atoms with Crippen LogP contribution in [-0.4, -0.2) is 41.6 Å². The van der Waals surface area contributed by atoms with E-state index in [2.05, 4.69) is 10.3 Å². The summed E-state index contributed by atoms with van der Waals surface area (Å²) >= 11 is 7.59. The number of halogens is 1. The molecule has 0 saturated heterocycles. The van der Waals surface area contributed by atoms with E-state index in [0.717, 1.165) is 11.1 Å². The lowest BCUT2D eigenvalue weighted by atomic mass is 9.95. The molecule has 0 fully saturated rings. The first kappa shape index (κ1) is 24.0. The molecule has 1 aliphatic heterocycles. The van der Waals surface area contributed by atoms with Crippen LogP contribution in [0.5, 0.6) is 11.5 Å². The molecule has 0 saturated carbocycles. The molecule has 0 spiro atoms. The lowest BCUT2D eigenvalue weighted by Gasteiger charge is -2.28. The van der Waals surface area contributed by atoms with Crippen molar-refractivity contribution >= 4 is 35.3 Å². The van der Waals surface area contributed by atoms with Gasteiger partial charge in [-0.1, -0.05) is 41.6 Å². The summed E-state index contributed by atoms with van der Waals surface area (Å²) in [5.74, 6) is 1.93. The highest BCUT2D eigenvalue weighted by Gasteiger charge is 2.35. The number of fused-ring (bicyclic) bond motifs is 1. The highest BCUT2D eigenvalue weighted by molar-refractivity contribution is 7.98. The number of allylic oxidation sites excluding steroid dienone is 1. The van der Waals surface area contributed by atoms with Gasteiger partial charge in [0.2, 0.25) is 11.1 Å². The zero-order valence-electron chi connectivity index (χ0n) is 19.3. The van der Waals surface area contributed by atoms with E-state index in [1.54, 1.807) is 31.9 Å². The lowest BCUT2D eigenvalue weighted by Crippen LogP contribution is -2.29. The van der Waals surface area contributed by atoms with Gasteiger partial charge in [-0.3, -0.25) is 0 Å². The molecule has 8 nitrogen and oxygen atoms in total. The Bertz CT molecular complexity index is 1240. The van der Waals surface area contributed by atoms with Crippen molar-refractivity contribution in [3.05, 3.63) is 69.9 Å². The third-order valence-electron chi connectivity index (χ3n) is 5.31. The number of aromatic nitrogens is 3. The summed E-state index contributed by atoms with van der Waals surface area (Å²) in [7, 11) is 3.15. The minimum atomic E-state index is -0.553. The van der Waals surface area contributed by atoms with Gasteiger partial charge < -0.3 is 19.5 Å². The van der Waals surface area contributed by atoms with Crippen LogP contribution in [-0.2, 0) is 15.3 Å². The molecule has 1 N–H and O–H groups in total. The molecule has 3 aromatic rings. The van der Waals surface area contributed by atoms with Gasteiger partial charge in [0.1, 0.15) is 6.04 Å². The van der Waals surface area contributed by atoms with Crippen molar-refractivity contribution in [2.75, 3.05) is 26.1 Å². The van der Waals surface area contributed by atoms with E-state index in [1.807, 2.05) is 43.3 Å². The second-order valence-corrected chi connectivity index (χ2v) is 8.86. The van der Waals surface area contributed by atoms with E-state index in [1.165, 1.54) is 11.8 Å². The van der Waals surface area contributed by atoms with Gasteiger partial charge in [0.25, 0.3) is 0 Å². The van der Waals surface area contributed by atoms with Gasteiger partial charge in [-0.05, 0) is 49.2 Å². The zero-order valence-corrected chi connectivity index (χ0v) is 20.9. The second-order valence-electron chi connectivity index (χ2n) is 7.48. The van der Waals surface area contributed by atoms with E-state index >= 15 is 0 Å². The van der Waals surface area contributed by atoms with Crippen LogP contribution < -0.4 is 14.8 Å². The second kappa shape index (κ2) is 10.4.